The van der Waals surface area contributed by atoms with Crippen LogP contribution in [0.5, 0.6) is 0 Å². The predicted octanol–water partition coefficient (Wildman–Crippen LogP) is 3.76. The van der Waals surface area contributed by atoms with Gasteiger partial charge in [0.1, 0.15) is 18.2 Å². The number of anilines is 1. The first kappa shape index (κ1) is 26.8. The first-order chi connectivity index (χ1) is 18.1. The fraction of sp³-hybridized carbons (Fsp3) is 0.400. The number of ether oxygens (including phenoxy) is 1. The number of ketones is 1. The van der Waals surface area contributed by atoms with Crippen molar-refractivity contribution in [3.8, 4) is 0 Å². The molecule has 38 heavy (non-hydrogen) atoms. The lowest BCUT2D eigenvalue weighted by Crippen LogP contribution is -2.22. The molecule has 1 aliphatic carbocycles. The second-order valence-electron chi connectivity index (χ2n) is 9.65. The monoisotopic (exact) mass is 564 g/mol. The summed E-state index contributed by atoms with van der Waals surface area (Å²) in [6.07, 6.45) is 4.01. The standard InChI is InChI=1S/C25H26F2N4O5S2/c1-13-4-17(5-15(13)10-36-38(28,33)34)31-25-19(9-29-12-30-25)23(32)22-7-16(11-37-22)24-18-8-21(27)20(26)6-14(18)2-3-35-24/h6-9,11-13,15,17,24H,2-5,10H2,1H3,(H2,28,33,34)(H,29,30,31)/t13-,15+,17-,24?/m0/s1. The summed E-state index contributed by atoms with van der Waals surface area (Å²) in [5.41, 5.74) is 2.20. The number of nitrogens with one attached hydrogen (secondary N) is 1. The van der Waals surface area contributed by atoms with Gasteiger partial charge in [0.2, 0.25) is 5.78 Å². The van der Waals surface area contributed by atoms with E-state index in [1.165, 1.54) is 29.9 Å². The normalized spacial score (nSPS) is 23.3. The van der Waals surface area contributed by atoms with Crippen molar-refractivity contribution in [1.82, 2.24) is 9.97 Å². The summed E-state index contributed by atoms with van der Waals surface area (Å²) in [5, 5.41) is 10.0. The Labute approximate surface area is 222 Å². The Bertz CT molecular complexity index is 1470. The Balaban J connectivity index is 1.32. The molecule has 2 aliphatic rings. The van der Waals surface area contributed by atoms with Gasteiger partial charge in [-0.1, -0.05) is 6.92 Å². The van der Waals surface area contributed by atoms with Crippen molar-refractivity contribution in [2.24, 2.45) is 17.0 Å². The zero-order valence-corrected chi connectivity index (χ0v) is 22.0. The van der Waals surface area contributed by atoms with Crippen LogP contribution in [-0.4, -0.2) is 43.4 Å². The van der Waals surface area contributed by atoms with Crippen LogP contribution in [0.3, 0.4) is 0 Å². The van der Waals surface area contributed by atoms with Crippen molar-refractivity contribution in [1.29, 1.82) is 0 Å². The molecule has 1 aliphatic heterocycles. The number of hydrogen-bond donors (Lipinski definition) is 2. The smallest absolute Gasteiger partial charge is 0.333 e. The molecule has 202 valence electrons. The van der Waals surface area contributed by atoms with E-state index >= 15 is 0 Å². The SMILES string of the molecule is C[C@H]1C[C@H](Nc2ncncc2C(=O)c2cc(C3OCCc4cc(F)c(F)cc43)cs2)C[C@@H]1COS(N)(=O)=O. The molecule has 1 unspecified atom stereocenters. The molecule has 3 N–H and O–H groups in total. The number of rotatable bonds is 8. The fourth-order valence-electron chi connectivity index (χ4n) is 5.13. The molecule has 0 bridgehead atoms. The molecule has 4 atom stereocenters. The van der Waals surface area contributed by atoms with Crippen molar-refractivity contribution < 1.29 is 30.9 Å². The third-order valence-corrected chi connectivity index (χ3v) is 8.47. The summed E-state index contributed by atoms with van der Waals surface area (Å²) >= 11 is 1.22. The number of carbonyl (C=O) groups excluding carboxylic acids is 1. The van der Waals surface area contributed by atoms with Crippen molar-refractivity contribution in [3.05, 3.63) is 74.9 Å². The minimum Gasteiger partial charge on any atom is -0.368 e. The highest BCUT2D eigenvalue weighted by Gasteiger charge is 2.33. The summed E-state index contributed by atoms with van der Waals surface area (Å²) in [4.78, 5) is 22.2. The Hall–Kier alpha value is -2.84. The number of fused-ring (bicyclic) bond motifs is 1. The van der Waals surface area contributed by atoms with Gasteiger partial charge < -0.3 is 10.1 Å². The Morgan fingerprint density at radius 1 is 1.26 bits per heavy atom. The molecule has 0 spiro atoms. The summed E-state index contributed by atoms with van der Waals surface area (Å²) in [6, 6.07) is 4.00. The topological polar surface area (TPSA) is 134 Å². The van der Waals surface area contributed by atoms with E-state index < -0.39 is 28.0 Å². The third kappa shape index (κ3) is 5.76. The minimum atomic E-state index is -4.02. The highest BCUT2D eigenvalue weighted by molar-refractivity contribution is 7.84. The molecule has 1 saturated carbocycles. The van der Waals surface area contributed by atoms with Crippen LogP contribution in [0.4, 0.5) is 14.6 Å². The number of halogens is 2. The molecule has 0 radical (unpaired) electrons. The zero-order valence-electron chi connectivity index (χ0n) is 20.4. The van der Waals surface area contributed by atoms with Gasteiger partial charge in [0.05, 0.1) is 23.7 Å². The number of nitrogens with two attached hydrogens (primary N) is 1. The Kier molecular flexibility index (Phi) is 7.56. The molecule has 2 aromatic heterocycles. The highest BCUT2D eigenvalue weighted by Crippen LogP contribution is 2.37. The average molecular weight is 565 g/mol. The summed E-state index contributed by atoms with van der Waals surface area (Å²) in [5.74, 6) is -1.60. The lowest BCUT2D eigenvalue weighted by Gasteiger charge is -2.25. The lowest BCUT2D eigenvalue weighted by molar-refractivity contribution is 0.0695. The summed E-state index contributed by atoms with van der Waals surface area (Å²) < 4.78 is 60.7. The van der Waals surface area contributed by atoms with Crippen LogP contribution in [0.2, 0.25) is 0 Å². The van der Waals surface area contributed by atoms with Crippen LogP contribution in [0, 0.1) is 23.5 Å². The van der Waals surface area contributed by atoms with E-state index in [4.69, 9.17) is 14.1 Å². The van der Waals surface area contributed by atoms with Gasteiger partial charge in [0.15, 0.2) is 11.6 Å². The van der Waals surface area contributed by atoms with Gasteiger partial charge in [0.25, 0.3) is 0 Å². The first-order valence-corrected chi connectivity index (χ1v) is 14.4. The van der Waals surface area contributed by atoms with Gasteiger partial charge in [-0.2, -0.15) is 8.42 Å². The van der Waals surface area contributed by atoms with Crippen molar-refractivity contribution in [2.45, 2.75) is 38.3 Å². The highest BCUT2D eigenvalue weighted by atomic mass is 32.2. The Morgan fingerprint density at radius 3 is 2.84 bits per heavy atom. The lowest BCUT2D eigenvalue weighted by atomic mass is 9.93. The second-order valence-corrected chi connectivity index (χ2v) is 11.8. The van der Waals surface area contributed by atoms with Gasteiger partial charge in [-0.3, -0.25) is 8.98 Å². The van der Waals surface area contributed by atoms with E-state index in [-0.39, 0.29) is 35.8 Å². The van der Waals surface area contributed by atoms with Crippen LogP contribution >= 0.6 is 11.3 Å². The number of aromatic nitrogens is 2. The minimum absolute atomic E-state index is 0.00534. The molecule has 3 aromatic rings. The van der Waals surface area contributed by atoms with E-state index in [2.05, 4.69) is 15.3 Å². The summed E-state index contributed by atoms with van der Waals surface area (Å²) in [7, 11) is -4.02. The van der Waals surface area contributed by atoms with E-state index in [1.54, 1.807) is 11.4 Å². The number of nitrogens with zero attached hydrogens (tertiary/aromatic N) is 2. The van der Waals surface area contributed by atoms with Crippen LogP contribution in [0.25, 0.3) is 0 Å². The van der Waals surface area contributed by atoms with Gasteiger partial charge >= 0.3 is 10.3 Å². The molecule has 5 rings (SSSR count). The maximum atomic E-state index is 14.0. The molecular formula is C25H26F2N4O5S2. The molecular weight excluding hydrogens is 538 g/mol. The van der Waals surface area contributed by atoms with E-state index in [0.717, 1.165) is 12.5 Å². The summed E-state index contributed by atoms with van der Waals surface area (Å²) in [6.45, 7) is 2.35. The van der Waals surface area contributed by atoms with Crippen molar-refractivity contribution >= 4 is 33.2 Å². The molecule has 0 saturated heterocycles. The van der Waals surface area contributed by atoms with Crippen LogP contribution in [0.1, 0.15) is 57.8 Å². The number of benzene rings is 1. The van der Waals surface area contributed by atoms with Crippen molar-refractivity contribution in [2.75, 3.05) is 18.5 Å². The maximum Gasteiger partial charge on any atom is 0.333 e. The van der Waals surface area contributed by atoms with Crippen LogP contribution in [0.15, 0.2) is 36.1 Å². The van der Waals surface area contributed by atoms with Crippen molar-refractivity contribution in [3.63, 3.8) is 0 Å². The Morgan fingerprint density at radius 2 is 2.05 bits per heavy atom. The molecule has 1 aromatic carbocycles. The zero-order chi connectivity index (χ0) is 27.0. The van der Waals surface area contributed by atoms with Gasteiger partial charge in [-0.05, 0) is 71.4 Å². The first-order valence-electron chi connectivity index (χ1n) is 12.0. The van der Waals surface area contributed by atoms with Gasteiger partial charge in [-0.25, -0.2) is 23.9 Å². The van der Waals surface area contributed by atoms with E-state index in [9.17, 15) is 22.0 Å². The van der Waals surface area contributed by atoms with E-state index in [0.29, 0.717) is 46.8 Å². The van der Waals surface area contributed by atoms with Gasteiger partial charge in [0, 0.05) is 12.2 Å². The van der Waals surface area contributed by atoms with Crippen LogP contribution in [-0.2, 0) is 25.6 Å². The molecule has 3 heterocycles. The quantitative estimate of drug-likeness (QED) is 0.395. The fourth-order valence-corrected chi connectivity index (χ4v) is 6.37. The van der Waals surface area contributed by atoms with E-state index in [1.807, 2.05) is 6.92 Å². The molecule has 0 amide bonds. The maximum absolute atomic E-state index is 14.0. The van der Waals surface area contributed by atoms with Crippen LogP contribution < -0.4 is 10.5 Å². The van der Waals surface area contributed by atoms with Gasteiger partial charge in [-0.15, -0.1) is 11.3 Å². The second kappa shape index (κ2) is 10.7. The number of carbonyl (C=O) groups is 1. The average Bonchev–Trinajstić information content (AvgIpc) is 3.49. The molecule has 13 heteroatoms. The number of hydrogen-bond acceptors (Lipinski definition) is 9. The molecule has 9 nitrogen and oxygen atoms in total. The largest absolute Gasteiger partial charge is 0.368 e. The molecule has 1 fully saturated rings. The predicted molar refractivity (Wildman–Crippen MR) is 136 cm³/mol. The number of thiophene rings is 1. The third-order valence-electron chi connectivity index (χ3n) is 7.06.